The molecule has 0 amide bonds. The molecule has 5 nitrogen and oxygen atoms in total. The van der Waals surface area contributed by atoms with Gasteiger partial charge in [-0.15, -0.1) is 0 Å². The SMILES string of the molecule is CC(NCCC(c1ccccc1)c1ccccc1)c1ccc(F)cc1.O=C(O)/C=C/C(=O)O. The number of aliphatic carboxylic acids is 2. The lowest BCUT2D eigenvalue weighted by Crippen LogP contribution is -2.21. The molecule has 0 aromatic heterocycles. The molecule has 0 aliphatic heterocycles. The van der Waals surface area contributed by atoms with Crippen LogP contribution in [0.5, 0.6) is 0 Å². The molecule has 6 heteroatoms. The number of carboxylic acids is 2. The van der Waals surface area contributed by atoms with E-state index in [-0.39, 0.29) is 11.9 Å². The van der Waals surface area contributed by atoms with Crippen molar-refractivity contribution in [1.29, 1.82) is 0 Å². The van der Waals surface area contributed by atoms with Gasteiger partial charge in [0, 0.05) is 24.1 Å². The van der Waals surface area contributed by atoms with E-state index in [9.17, 15) is 14.0 Å². The van der Waals surface area contributed by atoms with E-state index >= 15 is 0 Å². The average Bonchev–Trinajstić information content (AvgIpc) is 2.82. The summed E-state index contributed by atoms with van der Waals surface area (Å²) in [6, 6.07) is 28.2. The second kappa shape index (κ2) is 13.6. The van der Waals surface area contributed by atoms with Crippen molar-refractivity contribution in [3.63, 3.8) is 0 Å². The molecule has 0 aliphatic rings. The van der Waals surface area contributed by atoms with Crippen molar-refractivity contribution < 1.29 is 24.2 Å². The minimum absolute atomic E-state index is 0.191. The van der Waals surface area contributed by atoms with Crippen molar-refractivity contribution in [2.45, 2.75) is 25.3 Å². The van der Waals surface area contributed by atoms with Crippen LogP contribution < -0.4 is 5.32 Å². The molecule has 3 aromatic carbocycles. The molecule has 0 spiro atoms. The van der Waals surface area contributed by atoms with E-state index in [4.69, 9.17) is 10.2 Å². The van der Waals surface area contributed by atoms with Crippen molar-refractivity contribution in [2.75, 3.05) is 6.54 Å². The molecule has 0 aliphatic carbocycles. The minimum Gasteiger partial charge on any atom is -0.478 e. The van der Waals surface area contributed by atoms with Gasteiger partial charge in [-0.1, -0.05) is 72.8 Å². The summed E-state index contributed by atoms with van der Waals surface area (Å²) >= 11 is 0. The Kier molecular flexibility index (Phi) is 10.5. The first-order valence-electron chi connectivity index (χ1n) is 10.6. The Morgan fingerprint density at radius 2 is 1.24 bits per heavy atom. The molecular weight excluding hydrogens is 421 g/mol. The zero-order valence-electron chi connectivity index (χ0n) is 18.4. The first-order chi connectivity index (χ1) is 15.9. The maximum atomic E-state index is 13.1. The van der Waals surface area contributed by atoms with Gasteiger partial charge in [-0.25, -0.2) is 14.0 Å². The quantitative estimate of drug-likeness (QED) is 0.380. The predicted molar refractivity (Wildman–Crippen MR) is 127 cm³/mol. The number of halogens is 1. The highest BCUT2D eigenvalue weighted by Gasteiger charge is 2.14. The smallest absolute Gasteiger partial charge is 0.328 e. The predicted octanol–water partition coefficient (Wildman–Crippen LogP) is 5.41. The van der Waals surface area contributed by atoms with Crippen molar-refractivity contribution in [1.82, 2.24) is 5.32 Å². The number of rotatable bonds is 9. The highest BCUT2D eigenvalue weighted by molar-refractivity contribution is 5.89. The van der Waals surface area contributed by atoms with Gasteiger partial charge in [0.25, 0.3) is 0 Å². The Balaban J connectivity index is 0.000000414. The molecule has 3 rings (SSSR count). The van der Waals surface area contributed by atoms with Gasteiger partial charge >= 0.3 is 11.9 Å². The van der Waals surface area contributed by atoms with Gasteiger partial charge in [-0.05, 0) is 48.7 Å². The highest BCUT2D eigenvalue weighted by Crippen LogP contribution is 2.27. The molecule has 1 unspecified atom stereocenters. The topological polar surface area (TPSA) is 86.6 Å². The van der Waals surface area contributed by atoms with Gasteiger partial charge < -0.3 is 15.5 Å². The van der Waals surface area contributed by atoms with Gasteiger partial charge in [0.2, 0.25) is 0 Å². The zero-order valence-corrected chi connectivity index (χ0v) is 18.4. The van der Waals surface area contributed by atoms with Crippen LogP contribution in [0.4, 0.5) is 4.39 Å². The summed E-state index contributed by atoms with van der Waals surface area (Å²) in [6.07, 6.45) is 2.13. The van der Waals surface area contributed by atoms with E-state index < -0.39 is 11.9 Å². The molecule has 33 heavy (non-hydrogen) atoms. The molecule has 1 atom stereocenters. The fourth-order valence-electron chi connectivity index (χ4n) is 3.35. The zero-order chi connectivity index (χ0) is 24.1. The largest absolute Gasteiger partial charge is 0.478 e. The fraction of sp³-hybridized carbons (Fsp3) is 0.185. The molecule has 0 saturated heterocycles. The summed E-state index contributed by atoms with van der Waals surface area (Å²) in [7, 11) is 0. The molecule has 3 aromatic rings. The van der Waals surface area contributed by atoms with E-state index in [0.717, 1.165) is 18.5 Å². The molecular formula is C27H28FNO4. The monoisotopic (exact) mass is 449 g/mol. The second-order valence-electron chi connectivity index (χ2n) is 7.40. The number of hydrogen-bond donors (Lipinski definition) is 3. The summed E-state index contributed by atoms with van der Waals surface area (Å²) in [6.45, 7) is 3.01. The van der Waals surface area contributed by atoms with Gasteiger partial charge in [0.15, 0.2) is 0 Å². The number of carbonyl (C=O) groups is 2. The number of hydrogen-bond acceptors (Lipinski definition) is 3. The summed E-state index contributed by atoms with van der Waals surface area (Å²) in [4.78, 5) is 19.1. The summed E-state index contributed by atoms with van der Waals surface area (Å²) in [5, 5.41) is 19.2. The summed E-state index contributed by atoms with van der Waals surface area (Å²) < 4.78 is 13.1. The lowest BCUT2D eigenvalue weighted by atomic mass is 9.88. The lowest BCUT2D eigenvalue weighted by molar-refractivity contribution is -0.134. The third-order valence-electron chi connectivity index (χ3n) is 5.03. The first-order valence-corrected chi connectivity index (χ1v) is 10.6. The van der Waals surface area contributed by atoms with E-state index in [1.165, 1.54) is 23.3 Å². The molecule has 0 bridgehead atoms. The van der Waals surface area contributed by atoms with Crippen molar-refractivity contribution in [3.05, 3.63) is 120 Å². The van der Waals surface area contributed by atoms with Crippen molar-refractivity contribution in [2.24, 2.45) is 0 Å². The van der Waals surface area contributed by atoms with Crippen LogP contribution in [0.25, 0.3) is 0 Å². The number of nitrogens with one attached hydrogen (secondary N) is 1. The van der Waals surface area contributed by atoms with Crippen LogP contribution in [-0.2, 0) is 9.59 Å². The van der Waals surface area contributed by atoms with Crippen molar-refractivity contribution in [3.8, 4) is 0 Å². The standard InChI is InChI=1S/C23H24FN.C4H4O4/c1-18(19-12-14-22(24)15-13-19)25-17-16-23(20-8-4-2-5-9-20)21-10-6-3-7-11-21;5-3(6)1-2-4(7)8/h2-15,18,23,25H,16-17H2,1H3;1-2H,(H,5,6)(H,7,8)/b;2-1+. The Hall–Kier alpha value is -3.77. The van der Waals surface area contributed by atoms with Crippen LogP contribution >= 0.6 is 0 Å². The summed E-state index contributed by atoms with van der Waals surface area (Å²) in [5.74, 6) is -2.33. The van der Waals surface area contributed by atoms with Gasteiger partial charge in [0.1, 0.15) is 5.82 Å². The second-order valence-corrected chi connectivity index (χ2v) is 7.40. The molecule has 0 radical (unpaired) electrons. The molecule has 172 valence electrons. The minimum atomic E-state index is -1.26. The van der Waals surface area contributed by atoms with E-state index in [1.54, 1.807) is 0 Å². The van der Waals surface area contributed by atoms with Gasteiger partial charge in [-0.2, -0.15) is 0 Å². The maximum absolute atomic E-state index is 13.1. The van der Waals surface area contributed by atoms with Crippen LogP contribution in [0.1, 0.15) is 42.0 Å². The van der Waals surface area contributed by atoms with Crippen LogP contribution in [0, 0.1) is 5.82 Å². The van der Waals surface area contributed by atoms with Gasteiger partial charge in [0.05, 0.1) is 0 Å². The van der Waals surface area contributed by atoms with E-state index in [1.807, 2.05) is 12.1 Å². The third-order valence-corrected chi connectivity index (χ3v) is 5.03. The number of benzene rings is 3. The average molecular weight is 450 g/mol. The van der Waals surface area contributed by atoms with Gasteiger partial charge in [-0.3, -0.25) is 0 Å². The third kappa shape index (κ3) is 9.49. The highest BCUT2D eigenvalue weighted by atomic mass is 19.1. The van der Waals surface area contributed by atoms with Crippen LogP contribution in [0.3, 0.4) is 0 Å². The van der Waals surface area contributed by atoms with Crippen LogP contribution in [0.2, 0.25) is 0 Å². The Morgan fingerprint density at radius 1 is 0.788 bits per heavy atom. The first kappa shape index (κ1) is 25.5. The fourth-order valence-corrected chi connectivity index (χ4v) is 3.35. The Morgan fingerprint density at radius 3 is 1.67 bits per heavy atom. The molecule has 0 saturated carbocycles. The Bertz CT molecular complexity index is 966. The molecule has 3 N–H and O–H groups in total. The van der Waals surface area contributed by atoms with Crippen LogP contribution in [0.15, 0.2) is 97.1 Å². The normalized spacial score (nSPS) is 11.6. The van der Waals surface area contributed by atoms with Crippen LogP contribution in [-0.4, -0.2) is 28.7 Å². The van der Waals surface area contributed by atoms with E-state index in [0.29, 0.717) is 18.1 Å². The summed E-state index contributed by atoms with van der Waals surface area (Å²) in [5.41, 5.74) is 3.78. The molecule has 0 heterocycles. The number of carboxylic acid groups (broad SMARTS) is 2. The Labute approximate surface area is 193 Å². The maximum Gasteiger partial charge on any atom is 0.328 e. The lowest BCUT2D eigenvalue weighted by Gasteiger charge is -2.20. The van der Waals surface area contributed by atoms with Crippen molar-refractivity contribution >= 4 is 11.9 Å². The molecule has 0 fully saturated rings. The van der Waals surface area contributed by atoms with E-state index in [2.05, 4.69) is 72.9 Å².